The van der Waals surface area contributed by atoms with Crippen molar-refractivity contribution in [3.05, 3.63) is 53.3 Å². The van der Waals surface area contributed by atoms with Crippen molar-refractivity contribution in [2.75, 3.05) is 26.2 Å². The zero-order valence-corrected chi connectivity index (χ0v) is 13.4. The summed E-state index contributed by atoms with van der Waals surface area (Å²) in [5.74, 6) is 0.530. The Balaban J connectivity index is 1.36. The molecule has 6 nitrogen and oxygen atoms in total. The second kappa shape index (κ2) is 6.11. The number of amides is 2. The molecule has 2 amide bonds. The fourth-order valence-electron chi connectivity index (χ4n) is 3.09. The van der Waals surface area contributed by atoms with E-state index in [1.165, 1.54) is 12.8 Å². The Morgan fingerprint density at radius 1 is 0.958 bits per heavy atom. The average molecular weight is 324 g/mol. The average Bonchev–Trinajstić information content (AvgIpc) is 3.38. The largest absolute Gasteiger partial charge is 0.335 e. The molecule has 24 heavy (non-hydrogen) atoms. The summed E-state index contributed by atoms with van der Waals surface area (Å²) >= 11 is 0. The van der Waals surface area contributed by atoms with Gasteiger partial charge in [-0.25, -0.2) is 0 Å². The normalized spacial score (nSPS) is 17.8. The standard InChI is InChI=1S/C18H20N4O2/c23-17(14-4-2-1-3-5-14)21-8-10-22(11-9-21)18(24)16-12-15(19-20-16)13-6-7-13/h1-5,12-13H,6-11H2,(H,19,20). The van der Waals surface area contributed by atoms with Gasteiger partial charge in [0.25, 0.3) is 11.8 Å². The molecule has 1 aliphatic heterocycles. The van der Waals surface area contributed by atoms with Crippen LogP contribution >= 0.6 is 0 Å². The van der Waals surface area contributed by atoms with E-state index < -0.39 is 0 Å². The maximum Gasteiger partial charge on any atom is 0.274 e. The van der Waals surface area contributed by atoms with Crippen LogP contribution in [0.1, 0.15) is 45.3 Å². The van der Waals surface area contributed by atoms with E-state index in [-0.39, 0.29) is 11.8 Å². The molecule has 0 atom stereocenters. The van der Waals surface area contributed by atoms with E-state index in [4.69, 9.17) is 0 Å². The number of aromatic amines is 1. The number of hydrogen-bond acceptors (Lipinski definition) is 3. The van der Waals surface area contributed by atoms with Gasteiger partial charge in [-0.15, -0.1) is 0 Å². The highest BCUT2D eigenvalue weighted by Crippen LogP contribution is 2.39. The maximum absolute atomic E-state index is 12.5. The monoisotopic (exact) mass is 324 g/mol. The lowest BCUT2D eigenvalue weighted by atomic mass is 10.2. The molecule has 0 radical (unpaired) electrons. The maximum atomic E-state index is 12.5. The summed E-state index contributed by atoms with van der Waals surface area (Å²) in [5.41, 5.74) is 2.25. The molecule has 1 aromatic carbocycles. The second-order valence-corrected chi connectivity index (χ2v) is 6.43. The molecule has 0 spiro atoms. The summed E-state index contributed by atoms with van der Waals surface area (Å²) in [6.07, 6.45) is 2.35. The molecule has 1 aliphatic carbocycles. The van der Waals surface area contributed by atoms with Crippen LogP contribution in [0.15, 0.2) is 36.4 Å². The van der Waals surface area contributed by atoms with Crippen molar-refractivity contribution < 1.29 is 9.59 Å². The Kier molecular flexibility index (Phi) is 3.80. The number of hydrogen-bond donors (Lipinski definition) is 1. The van der Waals surface area contributed by atoms with E-state index in [1.807, 2.05) is 36.4 Å². The van der Waals surface area contributed by atoms with E-state index in [9.17, 15) is 9.59 Å². The SMILES string of the molecule is O=C(c1ccccc1)N1CCN(C(=O)c2cc(C3CC3)[nH]n2)CC1. The zero-order valence-electron chi connectivity index (χ0n) is 13.4. The van der Waals surface area contributed by atoms with Crippen LogP contribution in [-0.2, 0) is 0 Å². The molecule has 2 aromatic rings. The lowest BCUT2D eigenvalue weighted by Gasteiger charge is -2.34. The molecular formula is C18H20N4O2. The van der Waals surface area contributed by atoms with E-state index >= 15 is 0 Å². The Morgan fingerprint density at radius 3 is 2.21 bits per heavy atom. The van der Waals surface area contributed by atoms with Gasteiger partial charge >= 0.3 is 0 Å². The van der Waals surface area contributed by atoms with Gasteiger partial charge in [-0.1, -0.05) is 18.2 Å². The number of piperazine rings is 1. The number of benzene rings is 1. The van der Waals surface area contributed by atoms with Gasteiger partial charge in [0.15, 0.2) is 0 Å². The molecule has 2 aliphatic rings. The van der Waals surface area contributed by atoms with E-state index in [0.717, 1.165) is 5.69 Å². The summed E-state index contributed by atoms with van der Waals surface area (Å²) in [6.45, 7) is 2.20. The highest BCUT2D eigenvalue weighted by atomic mass is 16.2. The summed E-state index contributed by atoms with van der Waals surface area (Å²) in [4.78, 5) is 28.6. The fourth-order valence-corrected chi connectivity index (χ4v) is 3.09. The van der Waals surface area contributed by atoms with Crippen LogP contribution in [0.4, 0.5) is 0 Å². The van der Waals surface area contributed by atoms with Crippen molar-refractivity contribution in [3.63, 3.8) is 0 Å². The van der Waals surface area contributed by atoms with E-state index in [2.05, 4.69) is 10.2 Å². The third-order valence-corrected chi connectivity index (χ3v) is 4.71. The molecule has 0 unspecified atom stereocenters. The first-order valence-electron chi connectivity index (χ1n) is 8.41. The predicted octanol–water partition coefficient (Wildman–Crippen LogP) is 1.89. The minimum absolute atomic E-state index is 0.0264. The van der Waals surface area contributed by atoms with Gasteiger partial charge in [0.05, 0.1) is 0 Å². The van der Waals surface area contributed by atoms with E-state index in [1.54, 1.807) is 9.80 Å². The summed E-state index contributed by atoms with van der Waals surface area (Å²) in [5, 5.41) is 7.13. The molecule has 6 heteroatoms. The van der Waals surface area contributed by atoms with Crippen LogP contribution in [0, 0.1) is 0 Å². The highest BCUT2D eigenvalue weighted by molar-refractivity contribution is 5.95. The Morgan fingerprint density at radius 2 is 1.58 bits per heavy atom. The van der Waals surface area contributed by atoms with Crippen molar-refractivity contribution in [2.45, 2.75) is 18.8 Å². The number of carbonyl (C=O) groups is 2. The lowest BCUT2D eigenvalue weighted by molar-refractivity contribution is 0.0532. The Labute approximate surface area is 140 Å². The van der Waals surface area contributed by atoms with Gasteiger partial charge in [-0.2, -0.15) is 5.10 Å². The molecule has 2 heterocycles. The van der Waals surface area contributed by atoms with Crippen LogP contribution < -0.4 is 0 Å². The van der Waals surface area contributed by atoms with Crippen LogP contribution in [0.3, 0.4) is 0 Å². The first-order valence-corrected chi connectivity index (χ1v) is 8.41. The molecule has 1 aromatic heterocycles. The van der Waals surface area contributed by atoms with Gasteiger partial charge in [0.2, 0.25) is 0 Å². The van der Waals surface area contributed by atoms with Crippen LogP contribution in [0.5, 0.6) is 0 Å². The molecule has 1 saturated carbocycles. The number of H-pyrrole nitrogens is 1. The van der Waals surface area contributed by atoms with E-state index in [0.29, 0.717) is 43.4 Å². The van der Waals surface area contributed by atoms with Crippen LogP contribution in [0.2, 0.25) is 0 Å². The zero-order chi connectivity index (χ0) is 16.5. The summed E-state index contributed by atoms with van der Waals surface area (Å²) < 4.78 is 0. The van der Waals surface area contributed by atoms with Crippen molar-refractivity contribution in [3.8, 4) is 0 Å². The molecule has 4 rings (SSSR count). The minimum atomic E-state index is -0.0510. The number of aromatic nitrogens is 2. The Hall–Kier alpha value is -2.63. The topological polar surface area (TPSA) is 69.3 Å². The van der Waals surface area contributed by atoms with Crippen molar-refractivity contribution in [2.24, 2.45) is 0 Å². The van der Waals surface area contributed by atoms with Gasteiger partial charge in [0.1, 0.15) is 5.69 Å². The number of nitrogens with one attached hydrogen (secondary N) is 1. The third kappa shape index (κ3) is 2.91. The second-order valence-electron chi connectivity index (χ2n) is 6.43. The van der Waals surface area contributed by atoms with Crippen molar-refractivity contribution >= 4 is 11.8 Å². The minimum Gasteiger partial charge on any atom is -0.335 e. The van der Waals surface area contributed by atoms with Gasteiger partial charge in [-0.3, -0.25) is 14.7 Å². The molecule has 0 bridgehead atoms. The van der Waals surface area contributed by atoms with Gasteiger partial charge < -0.3 is 9.80 Å². The summed E-state index contributed by atoms with van der Waals surface area (Å²) in [7, 11) is 0. The van der Waals surface area contributed by atoms with Crippen LogP contribution in [-0.4, -0.2) is 58.0 Å². The van der Waals surface area contributed by atoms with Crippen molar-refractivity contribution in [1.29, 1.82) is 0 Å². The van der Waals surface area contributed by atoms with Crippen molar-refractivity contribution in [1.82, 2.24) is 20.0 Å². The lowest BCUT2D eigenvalue weighted by Crippen LogP contribution is -2.50. The first-order chi connectivity index (χ1) is 11.7. The molecule has 2 fully saturated rings. The molecule has 1 saturated heterocycles. The molecular weight excluding hydrogens is 304 g/mol. The first kappa shape index (κ1) is 14.9. The molecule has 124 valence electrons. The predicted molar refractivity (Wildman–Crippen MR) is 88.8 cm³/mol. The number of carbonyl (C=O) groups excluding carboxylic acids is 2. The summed E-state index contributed by atoms with van der Waals surface area (Å²) in [6, 6.07) is 11.1. The van der Waals surface area contributed by atoms with Crippen LogP contribution in [0.25, 0.3) is 0 Å². The number of rotatable bonds is 3. The Bertz CT molecular complexity index is 743. The fraction of sp³-hybridized carbons (Fsp3) is 0.389. The van der Waals surface area contributed by atoms with Gasteiger partial charge in [-0.05, 0) is 31.0 Å². The number of nitrogens with zero attached hydrogens (tertiary/aromatic N) is 3. The molecule has 1 N–H and O–H groups in total. The quantitative estimate of drug-likeness (QED) is 0.937. The highest BCUT2D eigenvalue weighted by Gasteiger charge is 2.29. The smallest absolute Gasteiger partial charge is 0.274 e. The third-order valence-electron chi connectivity index (χ3n) is 4.71. The van der Waals surface area contributed by atoms with Gasteiger partial charge in [0, 0.05) is 43.4 Å².